The molecule has 7 heteroatoms. The number of esters is 1. The maximum Gasteiger partial charge on any atom is 0.341 e. The molecule has 2 N–H and O–H groups in total. The van der Waals surface area contributed by atoms with Crippen molar-refractivity contribution in [3.63, 3.8) is 0 Å². The van der Waals surface area contributed by atoms with E-state index in [4.69, 9.17) is 16.3 Å². The quantitative estimate of drug-likeness (QED) is 0.608. The van der Waals surface area contributed by atoms with Gasteiger partial charge in [-0.15, -0.1) is 0 Å². The molecule has 0 spiro atoms. The van der Waals surface area contributed by atoms with Crippen LogP contribution in [-0.2, 0) is 17.6 Å². The molecule has 0 unspecified atom stereocenters. The van der Waals surface area contributed by atoms with Gasteiger partial charge in [-0.3, -0.25) is 0 Å². The lowest BCUT2D eigenvalue weighted by Gasteiger charge is -2.18. The number of carbonyl (C=O) groups is 1. The Morgan fingerprint density at radius 3 is 2.61 bits per heavy atom. The lowest BCUT2D eigenvalue weighted by atomic mass is 10.0. The second-order valence-corrected chi connectivity index (χ2v) is 6.79. The van der Waals surface area contributed by atoms with E-state index in [2.05, 4.69) is 11.9 Å². The molecule has 3 rings (SSSR count). The first-order chi connectivity index (χ1) is 13.4. The van der Waals surface area contributed by atoms with Gasteiger partial charge in [-0.25, -0.2) is 9.78 Å². The van der Waals surface area contributed by atoms with Crippen molar-refractivity contribution in [2.75, 3.05) is 7.11 Å². The van der Waals surface area contributed by atoms with Gasteiger partial charge in [0.2, 0.25) is 0 Å². The number of nitrogens with zero attached hydrogens (tertiary/aromatic N) is 2. The highest BCUT2D eigenvalue weighted by atomic mass is 35.5. The van der Waals surface area contributed by atoms with Crippen LogP contribution in [-0.4, -0.2) is 32.8 Å². The summed E-state index contributed by atoms with van der Waals surface area (Å²) in [4.78, 5) is 16.5. The predicted octanol–water partition coefficient (Wildman–Crippen LogP) is 4.13. The fraction of sp³-hybridized carbons (Fsp3) is 0.238. The Hall–Kier alpha value is -2.99. The molecule has 1 atom stereocenters. The molecule has 2 aromatic carbocycles. The van der Waals surface area contributed by atoms with E-state index in [-0.39, 0.29) is 28.1 Å². The number of methoxy groups -OCH3 is 1. The maximum atomic E-state index is 12.1. The van der Waals surface area contributed by atoms with Crippen LogP contribution in [0.1, 0.15) is 40.3 Å². The first-order valence-corrected chi connectivity index (χ1v) is 9.20. The summed E-state index contributed by atoms with van der Waals surface area (Å²) in [5, 5.41) is 20.1. The SMILES string of the molecule is COC(=O)c1c(O)cc(O)c(Cl)c1CCc1nccn1[C@H](C)c1ccccc1. The summed E-state index contributed by atoms with van der Waals surface area (Å²) in [6.07, 6.45) is 4.37. The van der Waals surface area contributed by atoms with E-state index in [1.54, 1.807) is 6.20 Å². The standard InChI is InChI=1S/C21H21ClN2O4/c1-13(14-6-4-3-5-7-14)24-11-10-23-18(24)9-8-15-19(21(27)28-2)16(25)12-17(26)20(15)22/h3-7,10-13,25-26H,8-9H2,1-2H3/t13-/m1/s1. The minimum atomic E-state index is -0.713. The molecular formula is C21H21ClN2O4. The minimum Gasteiger partial charge on any atom is -0.507 e. The van der Waals surface area contributed by atoms with E-state index >= 15 is 0 Å². The topological polar surface area (TPSA) is 84.6 Å². The molecule has 6 nitrogen and oxygen atoms in total. The number of carbonyl (C=O) groups excluding carboxylic acids is 1. The molecule has 0 saturated heterocycles. The zero-order chi connectivity index (χ0) is 20.3. The lowest BCUT2D eigenvalue weighted by molar-refractivity contribution is 0.0596. The summed E-state index contributed by atoms with van der Waals surface area (Å²) in [5.41, 5.74) is 1.43. The molecule has 0 bridgehead atoms. The number of halogens is 1. The van der Waals surface area contributed by atoms with Crippen LogP contribution in [0.25, 0.3) is 0 Å². The number of aryl methyl sites for hydroxylation is 1. The molecular weight excluding hydrogens is 380 g/mol. The largest absolute Gasteiger partial charge is 0.507 e. The Labute approximate surface area is 168 Å². The maximum absolute atomic E-state index is 12.1. The summed E-state index contributed by atoms with van der Waals surface area (Å²) < 4.78 is 6.79. The van der Waals surface area contributed by atoms with Gasteiger partial charge >= 0.3 is 5.97 Å². The van der Waals surface area contributed by atoms with Crippen LogP contribution in [0.15, 0.2) is 48.8 Å². The number of phenolic OH excluding ortho intramolecular Hbond substituents is 2. The number of imidazole rings is 1. The van der Waals surface area contributed by atoms with Gasteiger partial charge in [0.05, 0.1) is 18.2 Å². The molecule has 3 aromatic rings. The van der Waals surface area contributed by atoms with Gasteiger partial charge in [0.25, 0.3) is 0 Å². The van der Waals surface area contributed by atoms with Crippen molar-refractivity contribution in [1.29, 1.82) is 0 Å². The van der Waals surface area contributed by atoms with Gasteiger partial charge in [0.15, 0.2) is 0 Å². The molecule has 0 aliphatic carbocycles. The molecule has 0 aliphatic heterocycles. The van der Waals surface area contributed by atoms with Crippen LogP contribution >= 0.6 is 11.6 Å². The number of aromatic nitrogens is 2. The van der Waals surface area contributed by atoms with Crippen molar-refractivity contribution in [1.82, 2.24) is 9.55 Å². The molecule has 1 aromatic heterocycles. The van der Waals surface area contributed by atoms with Crippen molar-refractivity contribution in [3.8, 4) is 11.5 Å². The Morgan fingerprint density at radius 1 is 1.21 bits per heavy atom. The van der Waals surface area contributed by atoms with Crippen molar-refractivity contribution in [2.45, 2.75) is 25.8 Å². The summed E-state index contributed by atoms with van der Waals surface area (Å²) in [6.45, 7) is 2.08. The van der Waals surface area contributed by atoms with Gasteiger partial charge in [-0.1, -0.05) is 41.9 Å². The number of ether oxygens (including phenoxy) is 1. The van der Waals surface area contributed by atoms with Crippen LogP contribution in [0.5, 0.6) is 11.5 Å². The summed E-state index contributed by atoms with van der Waals surface area (Å²) in [6, 6.07) is 11.2. The van der Waals surface area contributed by atoms with Gasteiger partial charge < -0.3 is 19.5 Å². The molecule has 0 saturated carbocycles. The van der Waals surface area contributed by atoms with Gasteiger partial charge in [0.1, 0.15) is 22.9 Å². The summed E-state index contributed by atoms with van der Waals surface area (Å²) in [7, 11) is 1.22. The van der Waals surface area contributed by atoms with Gasteiger partial charge in [-0.05, 0) is 24.5 Å². The van der Waals surface area contributed by atoms with E-state index in [1.165, 1.54) is 7.11 Å². The zero-order valence-electron chi connectivity index (χ0n) is 15.6. The Morgan fingerprint density at radius 2 is 1.93 bits per heavy atom. The molecule has 28 heavy (non-hydrogen) atoms. The number of rotatable bonds is 6. The normalized spacial score (nSPS) is 12.0. The van der Waals surface area contributed by atoms with Crippen LogP contribution in [0, 0.1) is 0 Å². The van der Waals surface area contributed by atoms with Crippen LogP contribution in [0.3, 0.4) is 0 Å². The fourth-order valence-electron chi connectivity index (χ4n) is 3.27. The first-order valence-electron chi connectivity index (χ1n) is 8.82. The highest BCUT2D eigenvalue weighted by molar-refractivity contribution is 6.33. The number of hydrogen-bond acceptors (Lipinski definition) is 5. The van der Waals surface area contributed by atoms with E-state index in [0.29, 0.717) is 18.4 Å². The predicted molar refractivity (Wildman–Crippen MR) is 106 cm³/mol. The smallest absolute Gasteiger partial charge is 0.341 e. The summed E-state index contributed by atoms with van der Waals surface area (Å²) in [5.74, 6) is -0.575. The second kappa shape index (κ2) is 8.35. The Balaban J connectivity index is 1.90. The highest BCUT2D eigenvalue weighted by Crippen LogP contribution is 2.37. The zero-order valence-corrected chi connectivity index (χ0v) is 16.3. The minimum absolute atomic E-state index is 0.0208. The van der Waals surface area contributed by atoms with Crippen molar-refractivity contribution < 1.29 is 19.7 Å². The number of aromatic hydroxyl groups is 2. The number of phenols is 2. The highest BCUT2D eigenvalue weighted by Gasteiger charge is 2.23. The second-order valence-electron chi connectivity index (χ2n) is 6.41. The Bertz CT molecular complexity index is 986. The van der Waals surface area contributed by atoms with Crippen LogP contribution in [0.4, 0.5) is 0 Å². The van der Waals surface area contributed by atoms with E-state index in [9.17, 15) is 15.0 Å². The summed E-state index contributed by atoms with van der Waals surface area (Å²) >= 11 is 6.21. The van der Waals surface area contributed by atoms with E-state index < -0.39 is 5.97 Å². The van der Waals surface area contributed by atoms with Crippen molar-refractivity contribution in [2.24, 2.45) is 0 Å². The first kappa shape index (κ1) is 19.8. The molecule has 0 radical (unpaired) electrons. The third kappa shape index (κ3) is 3.82. The average Bonchev–Trinajstić information content (AvgIpc) is 3.17. The van der Waals surface area contributed by atoms with Crippen molar-refractivity contribution >= 4 is 17.6 Å². The molecule has 0 fully saturated rings. The lowest BCUT2D eigenvalue weighted by Crippen LogP contribution is -2.12. The third-order valence-corrected chi connectivity index (χ3v) is 5.18. The monoisotopic (exact) mass is 400 g/mol. The molecule has 1 heterocycles. The number of benzene rings is 2. The van der Waals surface area contributed by atoms with Crippen molar-refractivity contribution in [3.05, 3.63) is 76.3 Å². The van der Waals surface area contributed by atoms with Gasteiger partial charge in [0, 0.05) is 24.9 Å². The van der Waals surface area contributed by atoms with Crippen LogP contribution < -0.4 is 0 Å². The Kier molecular flexibility index (Phi) is 5.90. The fourth-order valence-corrected chi connectivity index (χ4v) is 3.51. The third-order valence-electron chi connectivity index (χ3n) is 4.76. The average molecular weight is 401 g/mol. The molecule has 0 amide bonds. The molecule has 0 aliphatic rings. The van der Waals surface area contributed by atoms with E-state index in [1.807, 2.05) is 41.1 Å². The van der Waals surface area contributed by atoms with Crippen LogP contribution in [0.2, 0.25) is 5.02 Å². The molecule has 146 valence electrons. The van der Waals surface area contributed by atoms with Gasteiger partial charge in [-0.2, -0.15) is 0 Å². The number of hydrogen-bond donors (Lipinski definition) is 2. The van der Waals surface area contributed by atoms with E-state index in [0.717, 1.165) is 17.5 Å².